The fraction of sp³-hybridized carbons (Fsp3) is 0.600. The molecule has 0 bridgehead atoms. The highest BCUT2D eigenvalue weighted by atomic mass is 14.1. The monoisotopic (exact) mass is 206 g/mol. The molecule has 0 saturated carbocycles. The molecule has 0 spiro atoms. The zero-order valence-corrected chi connectivity index (χ0v) is 10.8. The average molecular weight is 206 g/mol. The Morgan fingerprint density at radius 1 is 1.00 bits per heavy atom. The van der Waals surface area contributed by atoms with Crippen LogP contribution >= 0.6 is 0 Å². The van der Waals surface area contributed by atoms with Gasteiger partial charge in [0, 0.05) is 0 Å². The Hall–Kier alpha value is -0.780. The molecule has 1 atom stereocenters. The van der Waals surface area contributed by atoms with Gasteiger partial charge in [0.1, 0.15) is 0 Å². The summed E-state index contributed by atoms with van der Waals surface area (Å²) < 4.78 is 0. The van der Waals surface area contributed by atoms with Crippen molar-refractivity contribution < 1.29 is 0 Å². The molecule has 0 radical (unpaired) electrons. The zero-order chi connectivity index (χ0) is 11.5. The SMILES string of the molecule is CC.CCCC(CC)Cc1ccccc1. The maximum Gasteiger partial charge on any atom is -0.0250 e. The van der Waals surface area contributed by atoms with Gasteiger partial charge in [-0.05, 0) is 17.9 Å². The van der Waals surface area contributed by atoms with Gasteiger partial charge in [-0.3, -0.25) is 0 Å². The molecule has 15 heavy (non-hydrogen) atoms. The van der Waals surface area contributed by atoms with Crippen molar-refractivity contribution in [2.75, 3.05) is 0 Å². The molecule has 0 fully saturated rings. The fourth-order valence-corrected chi connectivity index (χ4v) is 1.81. The van der Waals surface area contributed by atoms with Crippen LogP contribution in [0.3, 0.4) is 0 Å². The van der Waals surface area contributed by atoms with Crippen LogP contribution in [0.1, 0.15) is 52.5 Å². The van der Waals surface area contributed by atoms with E-state index in [9.17, 15) is 0 Å². The smallest absolute Gasteiger partial charge is 0.0250 e. The quantitative estimate of drug-likeness (QED) is 0.630. The summed E-state index contributed by atoms with van der Waals surface area (Å²) in [6.45, 7) is 8.57. The van der Waals surface area contributed by atoms with Gasteiger partial charge in [-0.25, -0.2) is 0 Å². The van der Waals surface area contributed by atoms with E-state index in [2.05, 4.69) is 44.2 Å². The Labute approximate surface area is 95.7 Å². The first-order valence-electron chi connectivity index (χ1n) is 6.40. The molecule has 1 rings (SSSR count). The molecule has 0 aliphatic heterocycles. The molecule has 0 nitrogen and oxygen atoms in total. The van der Waals surface area contributed by atoms with Crippen molar-refractivity contribution in [2.24, 2.45) is 5.92 Å². The second-order valence-corrected chi connectivity index (χ2v) is 3.75. The van der Waals surface area contributed by atoms with Crippen molar-refractivity contribution in [1.82, 2.24) is 0 Å². The van der Waals surface area contributed by atoms with Crippen LogP contribution in [0.2, 0.25) is 0 Å². The average Bonchev–Trinajstić information content (AvgIpc) is 2.32. The van der Waals surface area contributed by atoms with E-state index in [1.54, 1.807) is 0 Å². The molecule has 0 aliphatic rings. The molecule has 0 N–H and O–H groups in total. The van der Waals surface area contributed by atoms with E-state index in [0.29, 0.717) is 0 Å². The molecule has 86 valence electrons. The second kappa shape index (κ2) is 9.76. The van der Waals surface area contributed by atoms with Crippen LogP contribution < -0.4 is 0 Å². The van der Waals surface area contributed by atoms with Gasteiger partial charge in [0.15, 0.2) is 0 Å². The van der Waals surface area contributed by atoms with Gasteiger partial charge in [-0.15, -0.1) is 0 Å². The summed E-state index contributed by atoms with van der Waals surface area (Å²) in [5, 5.41) is 0. The highest BCUT2D eigenvalue weighted by molar-refractivity contribution is 5.15. The summed E-state index contributed by atoms with van der Waals surface area (Å²) in [5.74, 6) is 0.882. The summed E-state index contributed by atoms with van der Waals surface area (Å²) in [6, 6.07) is 10.8. The van der Waals surface area contributed by atoms with E-state index in [-0.39, 0.29) is 0 Å². The van der Waals surface area contributed by atoms with Crippen LogP contribution in [-0.2, 0) is 6.42 Å². The lowest BCUT2D eigenvalue weighted by Gasteiger charge is -2.13. The van der Waals surface area contributed by atoms with Gasteiger partial charge in [-0.1, -0.05) is 77.3 Å². The highest BCUT2D eigenvalue weighted by Gasteiger charge is 2.05. The van der Waals surface area contributed by atoms with E-state index in [1.165, 1.54) is 31.2 Å². The maximum absolute atomic E-state index is 2.29. The predicted octanol–water partition coefficient (Wildman–Crippen LogP) is 5.08. The van der Waals surface area contributed by atoms with E-state index >= 15 is 0 Å². The van der Waals surface area contributed by atoms with Gasteiger partial charge >= 0.3 is 0 Å². The molecule has 0 amide bonds. The molecule has 1 aromatic rings. The lowest BCUT2D eigenvalue weighted by atomic mass is 9.93. The van der Waals surface area contributed by atoms with Crippen LogP contribution in [-0.4, -0.2) is 0 Å². The highest BCUT2D eigenvalue weighted by Crippen LogP contribution is 2.16. The first-order chi connectivity index (χ1) is 7.36. The molecule has 1 unspecified atom stereocenters. The first kappa shape index (κ1) is 14.2. The Balaban J connectivity index is 0.000000921. The number of hydrogen-bond donors (Lipinski definition) is 0. The van der Waals surface area contributed by atoms with Crippen molar-refractivity contribution in [1.29, 1.82) is 0 Å². The second-order valence-electron chi connectivity index (χ2n) is 3.75. The minimum atomic E-state index is 0.882. The summed E-state index contributed by atoms with van der Waals surface area (Å²) in [7, 11) is 0. The third-order valence-electron chi connectivity index (χ3n) is 2.64. The van der Waals surface area contributed by atoms with Gasteiger partial charge in [-0.2, -0.15) is 0 Å². The van der Waals surface area contributed by atoms with Crippen LogP contribution in [0.5, 0.6) is 0 Å². The first-order valence-corrected chi connectivity index (χ1v) is 6.40. The number of rotatable bonds is 5. The Bertz CT molecular complexity index is 213. The summed E-state index contributed by atoms with van der Waals surface area (Å²) in [5.41, 5.74) is 1.49. The summed E-state index contributed by atoms with van der Waals surface area (Å²) >= 11 is 0. The van der Waals surface area contributed by atoms with Crippen LogP contribution in [0.25, 0.3) is 0 Å². The maximum atomic E-state index is 2.29. The van der Waals surface area contributed by atoms with Crippen molar-refractivity contribution in [3.05, 3.63) is 35.9 Å². The largest absolute Gasteiger partial charge is 0.0683 e. The van der Waals surface area contributed by atoms with Gasteiger partial charge in [0.25, 0.3) is 0 Å². The fourth-order valence-electron chi connectivity index (χ4n) is 1.81. The topological polar surface area (TPSA) is 0 Å². The van der Waals surface area contributed by atoms with Crippen molar-refractivity contribution in [2.45, 2.75) is 53.4 Å². The normalized spacial score (nSPS) is 11.5. The third kappa shape index (κ3) is 6.33. The Morgan fingerprint density at radius 2 is 1.60 bits per heavy atom. The molecular weight excluding hydrogens is 180 g/mol. The van der Waals surface area contributed by atoms with Crippen LogP contribution in [0.15, 0.2) is 30.3 Å². The molecule has 1 aromatic carbocycles. The van der Waals surface area contributed by atoms with Gasteiger partial charge in [0.05, 0.1) is 0 Å². The summed E-state index contributed by atoms with van der Waals surface area (Å²) in [4.78, 5) is 0. The zero-order valence-electron chi connectivity index (χ0n) is 10.8. The minimum Gasteiger partial charge on any atom is -0.0683 e. The van der Waals surface area contributed by atoms with E-state index in [4.69, 9.17) is 0 Å². The molecule has 0 heteroatoms. The molecule has 0 saturated heterocycles. The van der Waals surface area contributed by atoms with E-state index in [0.717, 1.165) is 5.92 Å². The Morgan fingerprint density at radius 3 is 2.07 bits per heavy atom. The molecule has 0 aromatic heterocycles. The van der Waals surface area contributed by atoms with Gasteiger partial charge < -0.3 is 0 Å². The predicted molar refractivity (Wildman–Crippen MR) is 70.2 cm³/mol. The van der Waals surface area contributed by atoms with Crippen molar-refractivity contribution in [3.8, 4) is 0 Å². The molecular formula is C15H26. The summed E-state index contributed by atoms with van der Waals surface area (Å²) in [6.07, 6.45) is 5.24. The lowest BCUT2D eigenvalue weighted by molar-refractivity contribution is 0.462. The minimum absolute atomic E-state index is 0.882. The van der Waals surface area contributed by atoms with E-state index in [1.807, 2.05) is 13.8 Å². The van der Waals surface area contributed by atoms with Crippen LogP contribution in [0.4, 0.5) is 0 Å². The van der Waals surface area contributed by atoms with Crippen LogP contribution in [0, 0.1) is 5.92 Å². The van der Waals surface area contributed by atoms with Crippen molar-refractivity contribution in [3.63, 3.8) is 0 Å². The number of hydrogen-bond acceptors (Lipinski definition) is 0. The molecule has 0 aliphatic carbocycles. The lowest BCUT2D eigenvalue weighted by Crippen LogP contribution is -2.02. The third-order valence-corrected chi connectivity index (χ3v) is 2.64. The number of benzene rings is 1. The Kier molecular flexibility index (Phi) is 9.26. The van der Waals surface area contributed by atoms with Gasteiger partial charge in [0.2, 0.25) is 0 Å². The van der Waals surface area contributed by atoms with E-state index < -0.39 is 0 Å². The molecule has 0 heterocycles. The standard InChI is InChI=1S/C13H20.C2H6/c1-3-8-12(4-2)11-13-9-6-5-7-10-13;1-2/h5-7,9-10,12H,3-4,8,11H2,1-2H3;1-2H3. The van der Waals surface area contributed by atoms with Crippen molar-refractivity contribution >= 4 is 0 Å².